The molecule has 102 valence electrons. The number of amides is 1. The van der Waals surface area contributed by atoms with Crippen molar-refractivity contribution in [2.45, 2.75) is 32.7 Å². The average Bonchev–Trinajstić information content (AvgIpc) is 2.74. The summed E-state index contributed by atoms with van der Waals surface area (Å²) in [6.45, 7) is 6.11. The van der Waals surface area contributed by atoms with Crippen molar-refractivity contribution in [3.63, 3.8) is 0 Å². The van der Waals surface area contributed by atoms with Gasteiger partial charge in [0.05, 0.1) is 11.8 Å². The van der Waals surface area contributed by atoms with Crippen molar-refractivity contribution in [2.75, 3.05) is 20.1 Å². The summed E-state index contributed by atoms with van der Waals surface area (Å²) in [5, 5.41) is 2.88. The van der Waals surface area contributed by atoms with E-state index in [1.165, 1.54) is 6.26 Å². The first-order chi connectivity index (χ1) is 8.52. The number of carbonyl (C=O) groups is 1. The summed E-state index contributed by atoms with van der Waals surface area (Å²) in [5.74, 6) is -0.0900. The predicted molar refractivity (Wildman–Crippen MR) is 75.7 cm³/mol. The lowest BCUT2D eigenvalue weighted by Gasteiger charge is -2.20. The fraction of sp³-hybridized carbons (Fsp3) is 0.615. The SMILES string of the molecule is CC(C)N(C)CCCCNC(=O)c1ccoc1Br. The highest BCUT2D eigenvalue weighted by atomic mass is 79.9. The van der Waals surface area contributed by atoms with Gasteiger partial charge in [-0.15, -0.1) is 0 Å². The Hall–Kier alpha value is -0.810. The summed E-state index contributed by atoms with van der Waals surface area (Å²) in [6, 6.07) is 2.23. The number of nitrogens with zero attached hydrogens (tertiary/aromatic N) is 1. The molecule has 1 N–H and O–H groups in total. The Bertz CT molecular complexity index is 377. The van der Waals surface area contributed by atoms with E-state index in [4.69, 9.17) is 4.42 Å². The lowest BCUT2D eigenvalue weighted by atomic mass is 10.2. The molecule has 1 heterocycles. The number of rotatable bonds is 7. The second-order valence-corrected chi connectivity index (χ2v) is 5.37. The Balaban J connectivity index is 2.15. The summed E-state index contributed by atoms with van der Waals surface area (Å²) in [5.41, 5.74) is 0.550. The smallest absolute Gasteiger partial charge is 0.255 e. The molecule has 0 aliphatic heterocycles. The van der Waals surface area contributed by atoms with Gasteiger partial charge in [0.15, 0.2) is 4.67 Å². The maximum Gasteiger partial charge on any atom is 0.255 e. The molecule has 1 rings (SSSR count). The van der Waals surface area contributed by atoms with E-state index in [0.29, 0.717) is 22.8 Å². The minimum absolute atomic E-state index is 0.0900. The number of carbonyl (C=O) groups excluding carboxylic acids is 1. The van der Waals surface area contributed by atoms with Gasteiger partial charge in [-0.05, 0) is 62.3 Å². The zero-order valence-electron chi connectivity index (χ0n) is 11.2. The molecule has 0 spiro atoms. The predicted octanol–water partition coefficient (Wildman–Crippen LogP) is 2.89. The van der Waals surface area contributed by atoms with Gasteiger partial charge in [-0.25, -0.2) is 0 Å². The topological polar surface area (TPSA) is 45.5 Å². The molecule has 1 aromatic heterocycles. The number of furan rings is 1. The molecule has 0 aromatic carbocycles. The molecule has 0 saturated heterocycles. The summed E-state index contributed by atoms with van der Waals surface area (Å²) >= 11 is 3.19. The number of nitrogens with one attached hydrogen (secondary N) is 1. The van der Waals surface area contributed by atoms with Crippen molar-refractivity contribution in [1.29, 1.82) is 0 Å². The molecule has 4 nitrogen and oxygen atoms in total. The quantitative estimate of drug-likeness (QED) is 0.787. The van der Waals surface area contributed by atoms with Crippen LogP contribution in [0.1, 0.15) is 37.0 Å². The van der Waals surface area contributed by atoms with Crippen LogP contribution in [0.15, 0.2) is 21.4 Å². The van der Waals surface area contributed by atoms with Crippen LogP contribution in [0.3, 0.4) is 0 Å². The summed E-state index contributed by atoms with van der Waals surface area (Å²) in [6.07, 6.45) is 3.57. The highest BCUT2D eigenvalue weighted by Gasteiger charge is 2.11. The number of unbranched alkanes of at least 4 members (excludes halogenated alkanes) is 1. The third kappa shape index (κ3) is 4.82. The van der Waals surface area contributed by atoms with Crippen LogP contribution in [-0.4, -0.2) is 37.0 Å². The van der Waals surface area contributed by atoms with Gasteiger partial charge in [0.2, 0.25) is 0 Å². The van der Waals surface area contributed by atoms with E-state index in [-0.39, 0.29) is 5.91 Å². The van der Waals surface area contributed by atoms with Crippen molar-refractivity contribution in [3.8, 4) is 0 Å². The van der Waals surface area contributed by atoms with E-state index in [2.05, 4.69) is 47.0 Å². The van der Waals surface area contributed by atoms with Gasteiger partial charge < -0.3 is 14.6 Å². The van der Waals surface area contributed by atoms with Crippen LogP contribution >= 0.6 is 15.9 Å². The largest absolute Gasteiger partial charge is 0.457 e. The molecule has 0 saturated carbocycles. The maximum atomic E-state index is 11.7. The van der Waals surface area contributed by atoms with E-state index >= 15 is 0 Å². The molecule has 1 aromatic rings. The monoisotopic (exact) mass is 316 g/mol. The number of halogens is 1. The molecule has 0 fully saturated rings. The molecule has 0 radical (unpaired) electrons. The minimum atomic E-state index is -0.0900. The van der Waals surface area contributed by atoms with E-state index in [0.717, 1.165) is 19.4 Å². The van der Waals surface area contributed by atoms with Gasteiger partial charge in [0, 0.05) is 12.6 Å². The molecule has 1 amide bonds. The average molecular weight is 317 g/mol. The Labute approximate surface area is 117 Å². The molecule has 0 aliphatic carbocycles. The van der Waals surface area contributed by atoms with Crippen LogP contribution < -0.4 is 5.32 Å². The van der Waals surface area contributed by atoms with Crippen molar-refractivity contribution in [1.82, 2.24) is 10.2 Å². The zero-order valence-corrected chi connectivity index (χ0v) is 12.8. The van der Waals surface area contributed by atoms with Crippen LogP contribution in [0.4, 0.5) is 0 Å². The molecule has 0 unspecified atom stereocenters. The van der Waals surface area contributed by atoms with Gasteiger partial charge in [-0.3, -0.25) is 4.79 Å². The van der Waals surface area contributed by atoms with Gasteiger partial charge >= 0.3 is 0 Å². The molecular weight excluding hydrogens is 296 g/mol. The lowest BCUT2D eigenvalue weighted by Crippen LogP contribution is -2.29. The zero-order chi connectivity index (χ0) is 13.5. The van der Waals surface area contributed by atoms with Gasteiger partial charge in [-0.2, -0.15) is 0 Å². The molecule has 0 bridgehead atoms. The van der Waals surface area contributed by atoms with Crippen LogP contribution in [0.25, 0.3) is 0 Å². The molecule has 0 atom stereocenters. The molecule has 5 heteroatoms. The Morgan fingerprint density at radius 3 is 2.78 bits per heavy atom. The highest BCUT2D eigenvalue weighted by molar-refractivity contribution is 9.10. The highest BCUT2D eigenvalue weighted by Crippen LogP contribution is 2.16. The molecule has 0 aliphatic rings. The van der Waals surface area contributed by atoms with Gasteiger partial charge in [-0.1, -0.05) is 0 Å². The lowest BCUT2D eigenvalue weighted by molar-refractivity contribution is 0.0951. The fourth-order valence-electron chi connectivity index (χ4n) is 1.50. The fourth-order valence-corrected chi connectivity index (χ4v) is 1.92. The first-order valence-electron chi connectivity index (χ1n) is 6.23. The summed E-state index contributed by atoms with van der Waals surface area (Å²) in [4.78, 5) is 14.0. The van der Waals surface area contributed by atoms with Crippen LogP contribution in [0.5, 0.6) is 0 Å². The summed E-state index contributed by atoms with van der Waals surface area (Å²) < 4.78 is 5.51. The molecular formula is C13H21BrN2O2. The van der Waals surface area contributed by atoms with Crippen molar-refractivity contribution >= 4 is 21.8 Å². The van der Waals surface area contributed by atoms with Crippen LogP contribution in [0, 0.1) is 0 Å². The van der Waals surface area contributed by atoms with Crippen molar-refractivity contribution < 1.29 is 9.21 Å². The van der Waals surface area contributed by atoms with Crippen LogP contribution in [-0.2, 0) is 0 Å². The van der Waals surface area contributed by atoms with E-state index in [9.17, 15) is 4.79 Å². The first-order valence-corrected chi connectivity index (χ1v) is 7.03. The Morgan fingerprint density at radius 1 is 1.50 bits per heavy atom. The van der Waals surface area contributed by atoms with Crippen LogP contribution in [0.2, 0.25) is 0 Å². The number of hydrogen-bond acceptors (Lipinski definition) is 3. The molecule has 18 heavy (non-hydrogen) atoms. The van der Waals surface area contributed by atoms with E-state index in [1.807, 2.05) is 0 Å². The second kappa shape index (κ2) is 7.59. The standard InChI is InChI=1S/C13H21BrN2O2/c1-10(2)16(3)8-5-4-7-15-13(17)11-6-9-18-12(11)14/h6,9-10H,4-5,7-8H2,1-3H3,(H,15,17). The minimum Gasteiger partial charge on any atom is -0.457 e. The Morgan fingerprint density at radius 2 is 2.22 bits per heavy atom. The third-order valence-corrected chi connectivity index (χ3v) is 3.58. The maximum absolute atomic E-state index is 11.7. The Kier molecular flexibility index (Phi) is 6.43. The summed E-state index contributed by atoms with van der Waals surface area (Å²) in [7, 11) is 2.12. The van der Waals surface area contributed by atoms with E-state index < -0.39 is 0 Å². The third-order valence-electron chi connectivity index (χ3n) is 2.97. The van der Waals surface area contributed by atoms with Gasteiger partial charge in [0.1, 0.15) is 0 Å². The first kappa shape index (κ1) is 15.2. The van der Waals surface area contributed by atoms with Crippen molar-refractivity contribution in [3.05, 3.63) is 22.6 Å². The van der Waals surface area contributed by atoms with Crippen molar-refractivity contribution in [2.24, 2.45) is 0 Å². The normalized spacial score (nSPS) is 11.2. The number of hydrogen-bond donors (Lipinski definition) is 1. The second-order valence-electron chi connectivity index (χ2n) is 4.65. The van der Waals surface area contributed by atoms with Gasteiger partial charge in [0.25, 0.3) is 5.91 Å². The van der Waals surface area contributed by atoms with E-state index in [1.54, 1.807) is 6.07 Å².